The van der Waals surface area contributed by atoms with Crippen molar-refractivity contribution in [2.75, 3.05) is 32.7 Å². The number of carbonyl (C=O) groups excluding carboxylic acids is 1. The summed E-state index contributed by atoms with van der Waals surface area (Å²) < 4.78 is 10.6. The standard InChI is InChI=1S/C18H23N3O3/c1-12-15(13(2)22)11-19-18(20-12)21(3)9-8-14-6-7-16(23-4)17(10-14)24-5/h6-7,10-11H,8-9H2,1-5H3. The number of methoxy groups -OCH3 is 2. The second kappa shape index (κ2) is 7.77. The molecule has 1 aromatic carbocycles. The van der Waals surface area contributed by atoms with Crippen molar-refractivity contribution in [2.24, 2.45) is 0 Å². The van der Waals surface area contributed by atoms with Crippen molar-refractivity contribution in [2.45, 2.75) is 20.3 Å². The zero-order valence-electron chi connectivity index (χ0n) is 14.8. The Balaban J connectivity index is 2.06. The minimum atomic E-state index is -0.0213. The molecule has 0 saturated heterocycles. The molecule has 0 atom stereocenters. The van der Waals surface area contributed by atoms with Gasteiger partial charge in [-0.05, 0) is 38.0 Å². The van der Waals surface area contributed by atoms with Crippen molar-refractivity contribution in [3.05, 3.63) is 41.2 Å². The summed E-state index contributed by atoms with van der Waals surface area (Å²) >= 11 is 0. The highest BCUT2D eigenvalue weighted by Gasteiger charge is 2.11. The third-order valence-corrected chi connectivity index (χ3v) is 3.87. The number of ketones is 1. The van der Waals surface area contributed by atoms with Crippen LogP contribution in [0.3, 0.4) is 0 Å². The number of hydrogen-bond donors (Lipinski definition) is 0. The van der Waals surface area contributed by atoms with E-state index in [2.05, 4.69) is 9.97 Å². The van der Waals surface area contributed by atoms with E-state index < -0.39 is 0 Å². The van der Waals surface area contributed by atoms with Gasteiger partial charge in [0.25, 0.3) is 0 Å². The summed E-state index contributed by atoms with van der Waals surface area (Å²) in [5, 5.41) is 0. The zero-order chi connectivity index (χ0) is 17.7. The largest absolute Gasteiger partial charge is 0.493 e. The molecule has 2 rings (SSSR count). The molecule has 6 heteroatoms. The van der Waals surface area contributed by atoms with Crippen LogP contribution in [0.15, 0.2) is 24.4 Å². The molecule has 128 valence electrons. The monoisotopic (exact) mass is 329 g/mol. The Labute approximate surface area is 142 Å². The van der Waals surface area contributed by atoms with Gasteiger partial charge in [-0.3, -0.25) is 4.79 Å². The van der Waals surface area contributed by atoms with Crippen molar-refractivity contribution >= 4 is 11.7 Å². The summed E-state index contributed by atoms with van der Waals surface area (Å²) in [5.41, 5.74) is 2.40. The van der Waals surface area contributed by atoms with Crippen molar-refractivity contribution in [1.29, 1.82) is 0 Å². The molecule has 0 aliphatic heterocycles. The molecular weight excluding hydrogens is 306 g/mol. The van der Waals surface area contributed by atoms with Crippen LogP contribution >= 0.6 is 0 Å². The van der Waals surface area contributed by atoms with Gasteiger partial charge in [-0.1, -0.05) is 6.07 Å². The van der Waals surface area contributed by atoms with E-state index in [1.54, 1.807) is 20.4 Å². The van der Waals surface area contributed by atoms with Crippen molar-refractivity contribution in [1.82, 2.24) is 9.97 Å². The molecule has 0 spiro atoms. The Bertz CT molecular complexity index is 731. The smallest absolute Gasteiger partial charge is 0.225 e. The van der Waals surface area contributed by atoms with Crippen LogP contribution in [0.5, 0.6) is 11.5 Å². The molecule has 24 heavy (non-hydrogen) atoms. The second-order valence-electron chi connectivity index (χ2n) is 5.59. The van der Waals surface area contributed by atoms with Crippen LogP contribution < -0.4 is 14.4 Å². The molecule has 1 heterocycles. The maximum absolute atomic E-state index is 11.5. The highest BCUT2D eigenvalue weighted by Crippen LogP contribution is 2.27. The number of nitrogens with zero attached hydrogens (tertiary/aromatic N) is 3. The van der Waals surface area contributed by atoms with Crippen LogP contribution in [0.1, 0.15) is 28.5 Å². The van der Waals surface area contributed by atoms with Crippen molar-refractivity contribution < 1.29 is 14.3 Å². The van der Waals surface area contributed by atoms with Crippen LogP contribution in [-0.4, -0.2) is 43.6 Å². The van der Waals surface area contributed by atoms with E-state index in [0.717, 1.165) is 24.3 Å². The quantitative estimate of drug-likeness (QED) is 0.728. The van der Waals surface area contributed by atoms with Crippen molar-refractivity contribution in [3.8, 4) is 11.5 Å². The molecule has 0 fully saturated rings. The van der Waals surface area contributed by atoms with Gasteiger partial charge in [0.05, 0.1) is 25.5 Å². The van der Waals surface area contributed by atoms with E-state index in [9.17, 15) is 4.79 Å². The normalized spacial score (nSPS) is 10.4. The van der Waals surface area contributed by atoms with Crippen LogP contribution in [0.4, 0.5) is 5.95 Å². The van der Waals surface area contributed by atoms with Gasteiger partial charge in [-0.25, -0.2) is 9.97 Å². The van der Waals surface area contributed by atoms with Gasteiger partial charge in [0, 0.05) is 19.8 Å². The fourth-order valence-electron chi connectivity index (χ4n) is 2.42. The Morgan fingerprint density at radius 2 is 1.92 bits per heavy atom. The van der Waals surface area contributed by atoms with Gasteiger partial charge in [-0.15, -0.1) is 0 Å². The topological polar surface area (TPSA) is 64.5 Å². The molecule has 6 nitrogen and oxygen atoms in total. The Morgan fingerprint density at radius 1 is 1.21 bits per heavy atom. The van der Waals surface area contributed by atoms with Crippen LogP contribution in [-0.2, 0) is 6.42 Å². The van der Waals surface area contributed by atoms with E-state index in [1.165, 1.54) is 6.92 Å². The van der Waals surface area contributed by atoms with Gasteiger partial charge in [0.2, 0.25) is 5.95 Å². The second-order valence-corrected chi connectivity index (χ2v) is 5.59. The summed E-state index contributed by atoms with van der Waals surface area (Å²) in [4.78, 5) is 22.1. The first-order valence-electron chi connectivity index (χ1n) is 7.73. The number of aromatic nitrogens is 2. The number of carbonyl (C=O) groups is 1. The number of Topliss-reactive ketones (excluding diaryl/α,β-unsaturated/α-hetero) is 1. The maximum Gasteiger partial charge on any atom is 0.225 e. The predicted octanol–water partition coefficient (Wildman–Crippen LogP) is 2.68. The highest BCUT2D eigenvalue weighted by molar-refractivity contribution is 5.94. The summed E-state index contributed by atoms with van der Waals surface area (Å²) in [6.45, 7) is 4.09. The van der Waals surface area contributed by atoms with Crippen molar-refractivity contribution in [3.63, 3.8) is 0 Å². The van der Waals surface area contributed by atoms with E-state index in [1.807, 2.05) is 37.1 Å². The summed E-state index contributed by atoms with van der Waals surface area (Å²) in [7, 11) is 5.18. The molecule has 0 unspecified atom stereocenters. The number of hydrogen-bond acceptors (Lipinski definition) is 6. The van der Waals surface area contributed by atoms with E-state index >= 15 is 0 Å². The van der Waals surface area contributed by atoms with E-state index in [4.69, 9.17) is 9.47 Å². The maximum atomic E-state index is 11.5. The predicted molar refractivity (Wildman–Crippen MR) is 93.3 cm³/mol. The summed E-state index contributed by atoms with van der Waals surface area (Å²) in [6, 6.07) is 5.88. The minimum absolute atomic E-state index is 0.0213. The van der Waals surface area contributed by atoms with Gasteiger partial charge < -0.3 is 14.4 Å². The lowest BCUT2D eigenvalue weighted by Crippen LogP contribution is -2.23. The molecule has 0 aliphatic rings. The number of benzene rings is 1. The molecule has 0 saturated carbocycles. The van der Waals surface area contributed by atoms with Gasteiger partial charge in [0.15, 0.2) is 17.3 Å². The van der Waals surface area contributed by atoms with E-state index in [-0.39, 0.29) is 5.78 Å². The molecule has 1 aromatic heterocycles. The zero-order valence-corrected chi connectivity index (χ0v) is 14.8. The first kappa shape index (κ1) is 17.7. The molecular formula is C18H23N3O3. The van der Waals surface area contributed by atoms with E-state index in [0.29, 0.717) is 23.0 Å². The Kier molecular flexibility index (Phi) is 5.73. The fourth-order valence-corrected chi connectivity index (χ4v) is 2.42. The number of anilines is 1. The lowest BCUT2D eigenvalue weighted by atomic mass is 10.1. The van der Waals surface area contributed by atoms with Crippen LogP contribution in [0, 0.1) is 6.92 Å². The average Bonchev–Trinajstić information content (AvgIpc) is 2.58. The molecule has 0 bridgehead atoms. The highest BCUT2D eigenvalue weighted by atomic mass is 16.5. The third-order valence-electron chi connectivity index (χ3n) is 3.87. The SMILES string of the molecule is COc1ccc(CCN(C)c2ncc(C(C)=O)c(C)n2)cc1OC. The lowest BCUT2D eigenvalue weighted by molar-refractivity contribution is 0.101. The number of ether oxygens (including phenoxy) is 2. The molecule has 0 aliphatic carbocycles. The minimum Gasteiger partial charge on any atom is -0.493 e. The third kappa shape index (κ3) is 4.01. The fraction of sp³-hybridized carbons (Fsp3) is 0.389. The lowest BCUT2D eigenvalue weighted by Gasteiger charge is -2.18. The number of rotatable bonds is 7. The molecule has 0 radical (unpaired) electrons. The summed E-state index contributed by atoms with van der Waals surface area (Å²) in [6.07, 6.45) is 2.40. The Morgan fingerprint density at radius 3 is 2.50 bits per heavy atom. The molecule has 2 aromatic rings. The first-order valence-corrected chi connectivity index (χ1v) is 7.73. The van der Waals surface area contributed by atoms with Gasteiger partial charge in [-0.2, -0.15) is 0 Å². The van der Waals surface area contributed by atoms with Gasteiger partial charge in [0.1, 0.15) is 0 Å². The molecule has 0 N–H and O–H groups in total. The number of aryl methyl sites for hydroxylation is 1. The average molecular weight is 329 g/mol. The molecule has 0 amide bonds. The summed E-state index contributed by atoms with van der Waals surface area (Å²) in [5.74, 6) is 2.02. The van der Waals surface area contributed by atoms with Gasteiger partial charge >= 0.3 is 0 Å². The first-order chi connectivity index (χ1) is 11.5. The van der Waals surface area contributed by atoms with Crippen LogP contribution in [0.2, 0.25) is 0 Å². The van der Waals surface area contributed by atoms with Crippen LogP contribution in [0.25, 0.3) is 0 Å². The Hall–Kier alpha value is -2.63. The number of likely N-dealkylation sites (N-methyl/N-ethyl adjacent to an activating group) is 1.